The van der Waals surface area contributed by atoms with E-state index in [0.717, 1.165) is 20.3 Å². The van der Waals surface area contributed by atoms with Crippen LogP contribution in [0, 0.1) is 5.82 Å². The second-order valence-electron chi connectivity index (χ2n) is 4.27. The van der Waals surface area contributed by atoms with Crippen LogP contribution in [0.25, 0.3) is 0 Å². The Balaban J connectivity index is 2.49. The molecule has 5 heteroatoms. The highest BCUT2D eigenvalue weighted by Crippen LogP contribution is 2.33. The van der Waals surface area contributed by atoms with Crippen LogP contribution in [0.15, 0.2) is 45.3 Å². The molecule has 2 nitrogen and oxygen atoms in total. The van der Waals surface area contributed by atoms with Crippen molar-refractivity contribution in [3.63, 3.8) is 0 Å². The lowest BCUT2D eigenvalue weighted by Crippen LogP contribution is -2.19. The zero-order valence-electron chi connectivity index (χ0n) is 11.1. The first-order chi connectivity index (χ1) is 9.56. The molecule has 0 saturated carbocycles. The van der Waals surface area contributed by atoms with Crippen molar-refractivity contribution in [3.05, 3.63) is 62.3 Å². The second kappa shape index (κ2) is 6.70. The molecule has 0 aliphatic rings. The summed E-state index contributed by atoms with van der Waals surface area (Å²) in [6.45, 7) is 0. The lowest BCUT2D eigenvalue weighted by molar-refractivity contribution is 0.414. The minimum absolute atomic E-state index is 0.240. The van der Waals surface area contributed by atoms with E-state index < -0.39 is 0 Å². The summed E-state index contributed by atoms with van der Waals surface area (Å²) in [5.41, 5.74) is 1.54. The molecule has 0 fully saturated rings. The first-order valence-corrected chi connectivity index (χ1v) is 7.61. The van der Waals surface area contributed by atoms with E-state index in [2.05, 4.69) is 37.2 Å². The van der Waals surface area contributed by atoms with Gasteiger partial charge < -0.3 is 10.1 Å². The van der Waals surface area contributed by atoms with Crippen molar-refractivity contribution in [2.75, 3.05) is 14.2 Å². The van der Waals surface area contributed by atoms with Gasteiger partial charge in [0.25, 0.3) is 0 Å². The van der Waals surface area contributed by atoms with E-state index >= 15 is 0 Å². The molecule has 0 aliphatic carbocycles. The molecule has 2 aromatic carbocycles. The summed E-state index contributed by atoms with van der Waals surface area (Å²) in [5, 5.41) is 3.15. The third-order valence-electron chi connectivity index (χ3n) is 3.08. The highest BCUT2D eigenvalue weighted by Gasteiger charge is 2.19. The topological polar surface area (TPSA) is 21.3 Å². The van der Waals surface area contributed by atoms with Crippen LogP contribution in [0.2, 0.25) is 0 Å². The minimum atomic E-state index is -0.243. The summed E-state index contributed by atoms with van der Waals surface area (Å²) < 4.78 is 21.0. The lowest BCUT2D eigenvalue weighted by atomic mass is 9.98. The Hall–Kier alpha value is -0.910. The number of hydrogen-bond donors (Lipinski definition) is 1. The molecule has 0 amide bonds. The molecule has 0 radical (unpaired) electrons. The average Bonchev–Trinajstić information content (AvgIpc) is 2.44. The van der Waals surface area contributed by atoms with Crippen LogP contribution in [-0.2, 0) is 0 Å². The Morgan fingerprint density at radius 3 is 2.45 bits per heavy atom. The Labute approximate surface area is 134 Å². The van der Waals surface area contributed by atoms with Gasteiger partial charge in [-0.05, 0) is 42.9 Å². The van der Waals surface area contributed by atoms with Gasteiger partial charge in [-0.2, -0.15) is 0 Å². The molecule has 20 heavy (non-hydrogen) atoms. The van der Waals surface area contributed by atoms with E-state index in [4.69, 9.17) is 4.74 Å². The van der Waals surface area contributed by atoms with Crippen LogP contribution in [-0.4, -0.2) is 14.2 Å². The third-order valence-corrected chi connectivity index (χ3v) is 4.26. The van der Waals surface area contributed by atoms with Gasteiger partial charge in [0.1, 0.15) is 11.6 Å². The van der Waals surface area contributed by atoms with Crippen molar-refractivity contribution in [3.8, 4) is 5.75 Å². The summed E-state index contributed by atoms with van der Waals surface area (Å²) in [4.78, 5) is 0. The summed E-state index contributed by atoms with van der Waals surface area (Å²) in [6.07, 6.45) is 0. The van der Waals surface area contributed by atoms with Crippen molar-refractivity contribution in [2.24, 2.45) is 0 Å². The molecule has 0 aliphatic heterocycles. The van der Waals surface area contributed by atoms with Crippen molar-refractivity contribution in [1.82, 2.24) is 5.32 Å². The van der Waals surface area contributed by atoms with E-state index in [1.807, 2.05) is 25.2 Å². The molecule has 1 atom stereocenters. The monoisotopic (exact) mass is 401 g/mol. The lowest BCUT2D eigenvalue weighted by Gasteiger charge is -2.20. The molecule has 0 heterocycles. The van der Waals surface area contributed by atoms with Gasteiger partial charge >= 0.3 is 0 Å². The standard InChI is InChI=1S/C15H14Br2FNO/c1-19-15(12-7-9(16)3-6-14(12)18)11-5-4-10(20-2)8-13(11)17/h3-8,15,19H,1-2H3. The highest BCUT2D eigenvalue weighted by molar-refractivity contribution is 9.10. The van der Waals surface area contributed by atoms with Crippen molar-refractivity contribution in [1.29, 1.82) is 0 Å². The highest BCUT2D eigenvalue weighted by atomic mass is 79.9. The van der Waals surface area contributed by atoms with Gasteiger partial charge in [0.05, 0.1) is 13.2 Å². The molecule has 0 bridgehead atoms. The van der Waals surface area contributed by atoms with Crippen LogP contribution in [0.3, 0.4) is 0 Å². The SMILES string of the molecule is CNC(c1cc(Br)ccc1F)c1ccc(OC)cc1Br. The van der Waals surface area contributed by atoms with Crippen molar-refractivity contribution < 1.29 is 9.13 Å². The molecule has 0 aromatic heterocycles. The van der Waals surface area contributed by atoms with E-state index in [1.54, 1.807) is 19.2 Å². The maximum absolute atomic E-state index is 14.1. The summed E-state index contributed by atoms with van der Waals surface area (Å²) in [7, 11) is 3.42. The zero-order chi connectivity index (χ0) is 14.7. The summed E-state index contributed by atoms with van der Waals surface area (Å²) >= 11 is 6.90. The number of rotatable bonds is 4. The largest absolute Gasteiger partial charge is 0.497 e. The van der Waals surface area contributed by atoms with Gasteiger partial charge in [-0.25, -0.2) is 4.39 Å². The molecule has 106 valence electrons. The molecule has 1 N–H and O–H groups in total. The predicted molar refractivity (Wildman–Crippen MR) is 85.7 cm³/mol. The van der Waals surface area contributed by atoms with Gasteiger partial charge in [-0.15, -0.1) is 0 Å². The maximum Gasteiger partial charge on any atom is 0.128 e. The number of ether oxygens (including phenoxy) is 1. The zero-order valence-corrected chi connectivity index (χ0v) is 14.3. The van der Waals surface area contributed by atoms with E-state index in [1.165, 1.54) is 6.07 Å². The fourth-order valence-electron chi connectivity index (χ4n) is 2.08. The Bertz CT molecular complexity index is 619. The number of hydrogen-bond acceptors (Lipinski definition) is 2. The molecular weight excluding hydrogens is 389 g/mol. The van der Waals surface area contributed by atoms with Crippen molar-refractivity contribution >= 4 is 31.9 Å². The first-order valence-electron chi connectivity index (χ1n) is 6.02. The predicted octanol–water partition coefficient (Wildman–Crippen LogP) is 4.67. The average molecular weight is 403 g/mol. The smallest absolute Gasteiger partial charge is 0.128 e. The van der Waals surface area contributed by atoms with Gasteiger partial charge in [0, 0.05) is 14.5 Å². The first kappa shape index (κ1) is 15.5. The Morgan fingerprint density at radius 2 is 1.85 bits per heavy atom. The van der Waals surface area contributed by atoms with Crippen LogP contribution in [0.5, 0.6) is 5.75 Å². The third kappa shape index (κ3) is 3.22. The van der Waals surface area contributed by atoms with Gasteiger partial charge in [-0.1, -0.05) is 37.9 Å². The molecule has 1 unspecified atom stereocenters. The van der Waals surface area contributed by atoms with Crippen molar-refractivity contribution in [2.45, 2.75) is 6.04 Å². The number of benzene rings is 2. The molecule has 2 rings (SSSR count). The number of methoxy groups -OCH3 is 1. The molecular formula is C15H14Br2FNO. The van der Waals surface area contributed by atoms with E-state index in [9.17, 15) is 4.39 Å². The van der Waals surface area contributed by atoms with Gasteiger partial charge in [0.15, 0.2) is 0 Å². The fourth-order valence-corrected chi connectivity index (χ4v) is 3.05. The van der Waals surface area contributed by atoms with Crippen LogP contribution in [0.1, 0.15) is 17.2 Å². The number of nitrogens with one attached hydrogen (secondary N) is 1. The normalized spacial score (nSPS) is 12.2. The Kier molecular flexibility index (Phi) is 5.18. The van der Waals surface area contributed by atoms with Gasteiger partial charge in [0.2, 0.25) is 0 Å². The minimum Gasteiger partial charge on any atom is -0.497 e. The van der Waals surface area contributed by atoms with E-state index in [-0.39, 0.29) is 11.9 Å². The summed E-state index contributed by atoms with van der Waals surface area (Å²) in [5.74, 6) is 0.514. The fraction of sp³-hybridized carbons (Fsp3) is 0.200. The molecule has 0 saturated heterocycles. The van der Waals surface area contributed by atoms with Crippen LogP contribution in [0.4, 0.5) is 4.39 Å². The second-order valence-corrected chi connectivity index (χ2v) is 6.04. The van der Waals surface area contributed by atoms with Gasteiger partial charge in [-0.3, -0.25) is 0 Å². The quantitative estimate of drug-likeness (QED) is 0.802. The maximum atomic E-state index is 14.1. The van der Waals surface area contributed by atoms with Crippen LogP contribution >= 0.6 is 31.9 Å². The molecule has 0 spiro atoms. The summed E-state index contributed by atoms with van der Waals surface area (Å²) in [6, 6.07) is 10.3. The number of halogens is 3. The molecule has 2 aromatic rings. The Morgan fingerprint density at radius 1 is 1.10 bits per heavy atom. The van der Waals surface area contributed by atoms with E-state index in [0.29, 0.717) is 5.56 Å². The van der Waals surface area contributed by atoms with Crippen LogP contribution < -0.4 is 10.1 Å².